The number of benzene rings is 3. The third-order valence-electron chi connectivity index (χ3n) is 3.96. The Morgan fingerprint density at radius 1 is 0.783 bits per heavy atom. The summed E-state index contributed by atoms with van der Waals surface area (Å²) >= 11 is 3.24. The molecule has 0 atom stereocenters. The fraction of sp³-hybridized carbons (Fsp3) is 0. The Bertz CT molecular complexity index is 1040. The molecule has 5 heteroatoms. The van der Waals surface area contributed by atoms with Crippen LogP contribution >= 0.6 is 23.3 Å². The van der Waals surface area contributed by atoms with Gasteiger partial charge in [0.2, 0.25) is 0 Å². The lowest BCUT2D eigenvalue weighted by atomic mass is 10.0. The van der Waals surface area contributed by atoms with Gasteiger partial charge < -0.3 is 5.32 Å². The van der Waals surface area contributed by atoms with Gasteiger partial charge >= 0.3 is 0 Å². The second kappa shape index (κ2) is 5.08. The highest BCUT2D eigenvalue weighted by Crippen LogP contribution is 2.48. The first-order chi connectivity index (χ1) is 11.4. The quantitative estimate of drug-likeness (QED) is 0.435. The smallest absolute Gasteiger partial charge is 0.113 e. The number of para-hydroxylation sites is 2. The van der Waals surface area contributed by atoms with Crippen molar-refractivity contribution in [3.63, 3.8) is 0 Å². The van der Waals surface area contributed by atoms with Gasteiger partial charge in [-0.25, -0.2) is 0 Å². The van der Waals surface area contributed by atoms with Crippen LogP contribution in [0.15, 0.2) is 70.5 Å². The van der Waals surface area contributed by atoms with Crippen molar-refractivity contribution in [2.24, 2.45) is 0 Å². The van der Waals surface area contributed by atoms with E-state index < -0.39 is 0 Å². The Hall–Kier alpha value is -2.37. The minimum Gasteiger partial charge on any atom is -0.353 e. The van der Waals surface area contributed by atoms with Crippen molar-refractivity contribution in [3.8, 4) is 11.1 Å². The Morgan fingerprint density at radius 2 is 1.61 bits per heavy atom. The molecule has 110 valence electrons. The number of rotatable bonds is 1. The van der Waals surface area contributed by atoms with Crippen molar-refractivity contribution in [3.05, 3.63) is 60.7 Å². The number of aromatic nitrogens is 2. The third kappa shape index (κ3) is 2.04. The van der Waals surface area contributed by atoms with Gasteiger partial charge in [0.05, 0.1) is 16.1 Å². The van der Waals surface area contributed by atoms with Crippen molar-refractivity contribution in [2.45, 2.75) is 9.79 Å². The molecule has 0 amide bonds. The van der Waals surface area contributed by atoms with Crippen LogP contribution in [0.3, 0.4) is 0 Å². The first kappa shape index (κ1) is 13.1. The molecule has 1 N–H and O–H groups in total. The number of hydrogen-bond acceptors (Lipinski definition) is 5. The van der Waals surface area contributed by atoms with Gasteiger partial charge in [0, 0.05) is 20.9 Å². The first-order valence-corrected chi connectivity index (χ1v) is 8.87. The van der Waals surface area contributed by atoms with E-state index in [4.69, 9.17) is 0 Å². The highest BCUT2D eigenvalue weighted by Gasteiger charge is 2.20. The van der Waals surface area contributed by atoms with E-state index in [1.807, 2.05) is 0 Å². The van der Waals surface area contributed by atoms with Gasteiger partial charge in [-0.05, 0) is 35.8 Å². The van der Waals surface area contributed by atoms with Crippen LogP contribution in [0.2, 0.25) is 0 Å². The van der Waals surface area contributed by atoms with Gasteiger partial charge in [-0.3, -0.25) is 0 Å². The average molecular weight is 333 g/mol. The van der Waals surface area contributed by atoms with Crippen molar-refractivity contribution < 1.29 is 0 Å². The minimum absolute atomic E-state index is 0.969. The SMILES string of the molecule is c1ccc2c(c1)Nc1c(cccc1-c1cccc3snnc13)S2. The molecule has 0 radical (unpaired) electrons. The minimum atomic E-state index is 0.969. The molecule has 23 heavy (non-hydrogen) atoms. The zero-order valence-electron chi connectivity index (χ0n) is 12.0. The van der Waals surface area contributed by atoms with E-state index in [1.165, 1.54) is 26.9 Å². The van der Waals surface area contributed by atoms with E-state index in [9.17, 15) is 0 Å². The normalized spacial score (nSPS) is 12.5. The Morgan fingerprint density at radius 3 is 2.61 bits per heavy atom. The van der Waals surface area contributed by atoms with E-state index in [1.54, 1.807) is 11.8 Å². The highest BCUT2D eigenvalue weighted by molar-refractivity contribution is 7.99. The lowest BCUT2D eigenvalue weighted by molar-refractivity contribution is 1.20. The number of nitrogens with zero attached hydrogens (tertiary/aromatic N) is 2. The Balaban J connectivity index is 1.74. The largest absolute Gasteiger partial charge is 0.353 e. The second-order valence-electron chi connectivity index (χ2n) is 5.33. The monoisotopic (exact) mass is 333 g/mol. The van der Waals surface area contributed by atoms with Gasteiger partial charge in [-0.1, -0.05) is 52.6 Å². The predicted molar refractivity (Wildman–Crippen MR) is 96.7 cm³/mol. The van der Waals surface area contributed by atoms with E-state index >= 15 is 0 Å². The van der Waals surface area contributed by atoms with Crippen molar-refractivity contribution >= 4 is 44.9 Å². The molecular weight excluding hydrogens is 322 g/mol. The topological polar surface area (TPSA) is 37.8 Å². The molecule has 0 bridgehead atoms. The third-order valence-corrected chi connectivity index (χ3v) is 5.79. The van der Waals surface area contributed by atoms with E-state index in [2.05, 4.69) is 75.6 Å². The molecule has 3 aromatic carbocycles. The second-order valence-corrected chi connectivity index (χ2v) is 7.20. The molecule has 1 aliphatic heterocycles. The van der Waals surface area contributed by atoms with Crippen LogP contribution in [0.4, 0.5) is 11.4 Å². The van der Waals surface area contributed by atoms with Crippen LogP contribution in [0.25, 0.3) is 21.3 Å². The van der Waals surface area contributed by atoms with Crippen LogP contribution in [0.5, 0.6) is 0 Å². The van der Waals surface area contributed by atoms with E-state index in [0.29, 0.717) is 0 Å². The highest BCUT2D eigenvalue weighted by atomic mass is 32.2. The fourth-order valence-corrected chi connectivity index (χ4v) is 4.51. The molecule has 5 rings (SSSR count). The molecule has 4 aromatic rings. The summed E-state index contributed by atoms with van der Waals surface area (Å²) in [6.07, 6.45) is 0. The fourth-order valence-electron chi connectivity index (χ4n) is 2.90. The van der Waals surface area contributed by atoms with Gasteiger partial charge in [0.15, 0.2) is 0 Å². The van der Waals surface area contributed by atoms with E-state index in [0.717, 1.165) is 27.2 Å². The summed E-state index contributed by atoms with van der Waals surface area (Å²) in [6, 6.07) is 21.1. The predicted octanol–water partition coefficient (Wildman–Crippen LogP) is 5.57. The summed E-state index contributed by atoms with van der Waals surface area (Å²) in [5, 5.41) is 7.92. The van der Waals surface area contributed by atoms with Gasteiger partial charge in [-0.2, -0.15) is 0 Å². The van der Waals surface area contributed by atoms with Crippen molar-refractivity contribution in [2.75, 3.05) is 5.32 Å². The standard InChI is InChI=1S/C18H11N3S2/c1-2-8-14-13(7-1)19-17-11(5-3-9-15(17)22-14)12-6-4-10-16-18(12)20-21-23-16/h1-10,19H. The molecule has 0 spiro atoms. The van der Waals surface area contributed by atoms with Crippen molar-refractivity contribution in [1.29, 1.82) is 0 Å². The maximum Gasteiger partial charge on any atom is 0.113 e. The zero-order valence-corrected chi connectivity index (χ0v) is 13.6. The molecule has 0 aliphatic carbocycles. The molecule has 0 saturated carbocycles. The van der Waals surface area contributed by atoms with Crippen LogP contribution < -0.4 is 5.32 Å². The van der Waals surface area contributed by atoms with Gasteiger partial charge in [-0.15, -0.1) is 5.10 Å². The maximum absolute atomic E-state index is 4.32. The summed E-state index contributed by atoms with van der Waals surface area (Å²) in [5.74, 6) is 0. The number of nitrogens with one attached hydrogen (secondary N) is 1. The average Bonchev–Trinajstić information content (AvgIpc) is 3.08. The van der Waals surface area contributed by atoms with Crippen LogP contribution in [-0.2, 0) is 0 Å². The maximum atomic E-state index is 4.32. The molecule has 0 fully saturated rings. The molecule has 1 aromatic heterocycles. The summed E-state index contributed by atoms with van der Waals surface area (Å²) in [6.45, 7) is 0. The van der Waals surface area contributed by atoms with Gasteiger partial charge in [0.25, 0.3) is 0 Å². The van der Waals surface area contributed by atoms with Crippen molar-refractivity contribution in [1.82, 2.24) is 9.59 Å². The van der Waals surface area contributed by atoms with Crippen LogP contribution in [0.1, 0.15) is 0 Å². The Labute approximate surface area is 141 Å². The first-order valence-electron chi connectivity index (χ1n) is 7.28. The summed E-state index contributed by atoms with van der Waals surface area (Å²) in [7, 11) is 0. The lowest BCUT2D eigenvalue weighted by Gasteiger charge is -2.23. The molecule has 0 saturated heterocycles. The lowest BCUT2D eigenvalue weighted by Crippen LogP contribution is -2.01. The number of hydrogen-bond donors (Lipinski definition) is 1. The van der Waals surface area contributed by atoms with E-state index in [-0.39, 0.29) is 0 Å². The molecule has 1 aliphatic rings. The number of fused-ring (bicyclic) bond motifs is 3. The molecule has 0 unspecified atom stereocenters. The number of anilines is 2. The summed E-state index contributed by atoms with van der Waals surface area (Å²) < 4.78 is 5.22. The molecule has 2 heterocycles. The summed E-state index contributed by atoms with van der Waals surface area (Å²) in [4.78, 5) is 2.49. The molecule has 3 nitrogen and oxygen atoms in total. The zero-order chi connectivity index (χ0) is 15.2. The Kier molecular flexibility index (Phi) is 2.89. The van der Waals surface area contributed by atoms with Gasteiger partial charge in [0.1, 0.15) is 5.52 Å². The summed E-state index contributed by atoms with van der Waals surface area (Å²) in [5.41, 5.74) is 5.57. The van der Waals surface area contributed by atoms with Crippen LogP contribution in [0, 0.1) is 0 Å². The van der Waals surface area contributed by atoms with Crippen LogP contribution in [-0.4, -0.2) is 9.59 Å². The molecular formula is C18H11N3S2.